The van der Waals surface area contributed by atoms with Gasteiger partial charge in [-0.2, -0.15) is 15.8 Å². The first-order valence-corrected chi connectivity index (χ1v) is 5.88. The van der Waals surface area contributed by atoms with Crippen molar-refractivity contribution in [1.29, 1.82) is 15.8 Å². The Bertz CT molecular complexity index is 622. The van der Waals surface area contributed by atoms with Crippen molar-refractivity contribution in [2.24, 2.45) is 5.92 Å². The summed E-state index contributed by atoms with van der Waals surface area (Å²) < 4.78 is 4.96. The fraction of sp³-hybridized carbons (Fsp3) is 0.357. The largest absolute Gasteiger partial charge is 0.465 e. The van der Waals surface area contributed by atoms with Crippen LogP contribution in [0.3, 0.4) is 0 Å². The molecule has 6 heteroatoms. The first-order chi connectivity index (χ1) is 9.54. The maximum Gasteiger partial charge on any atom is 0.320 e. The second-order valence-corrected chi connectivity index (χ2v) is 4.13. The molecule has 0 aliphatic heterocycles. The summed E-state index contributed by atoms with van der Waals surface area (Å²) in [6, 6.07) is 9.94. The normalized spacial score (nSPS) is 12.6. The van der Waals surface area contributed by atoms with E-state index in [4.69, 9.17) is 20.5 Å². The molecule has 20 heavy (non-hydrogen) atoms. The summed E-state index contributed by atoms with van der Waals surface area (Å²) in [5.41, 5.74) is -1.26. The van der Waals surface area contributed by atoms with Gasteiger partial charge in [0, 0.05) is 0 Å². The van der Waals surface area contributed by atoms with E-state index >= 15 is 0 Å². The van der Waals surface area contributed by atoms with E-state index in [1.165, 1.54) is 19.1 Å². The van der Waals surface area contributed by atoms with Crippen molar-refractivity contribution in [3.8, 4) is 18.2 Å². The van der Waals surface area contributed by atoms with Crippen LogP contribution >= 0.6 is 0 Å². The molecule has 0 aliphatic rings. The summed E-state index contributed by atoms with van der Waals surface area (Å²) in [6.45, 7) is 3.17. The van der Waals surface area contributed by atoms with Gasteiger partial charge >= 0.3 is 5.97 Å². The molecular formula is C14H12N4O2. The molecule has 100 valence electrons. The van der Waals surface area contributed by atoms with Crippen LogP contribution in [0.25, 0.3) is 0 Å². The van der Waals surface area contributed by atoms with Gasteiger partial charge in [-0.25, -0.2) is 4.98 Å². The lowest BCUT2D eigenvalue weighted by Crippen LogP contribution is -2.41. The number of ether oxygens (including phenoxy) is 1. The first-order valence-electron chi connectivity index (χ1n) is 5.88. The van der Waals surface area contributed by atoms with Crippen molar-refractivity contribution < 1.29 is 9.53 Å². The summed E-state index contributed by atoms with van der Waals surface area (Å²) in [6.07, 6.45) is 0. The zero-order chi connectivity index (χ0) is 15.2. The van der Waals surface area contributed by atoms with Crippen molar-refractivity contribution in [1.82, 2.24) is 4.98 Å². The zero-order valence-corrected chi connectivity index (χ0v) is 11.1. The topological polar surface area (TPSA) is 111 Å². The number of carbonyl (C=O) groups is 1. The number of hydrogen-bond acceptors (Lipinski definition) is 6. The highest BCUT2D eigenvalue weighted by Crippen LogP contribution is 2.32. The third kappa shape index (κ3) is 2.58. The summed E-state index contributed by atoms with van der Waals surface area (Å²) in [4.78, 5) is 16.2. The average molecular weight is 268 g/mol. The summed E-state index contributed by atoms with van der Waals surface area (Å²) >= 11 is 0. The average Bonchev–Trinajstić information content (AvgIpc) is 2.48. The number of carbonyl (C=O) groups excluding carboxylic acids is 1. The molecule has 1 aromatic rings. The smallest absolute Gasteiger partial charge is 0.320 e. The molecule has 0 saturated carbocycles. The van der Waals surface area contributed by atoms with Crippen LogP contribution < -0.4 is 0 Å². The van der Waals surface area contributed by atoms with Crippen LogP contribution in [0.1, 0.15) is 25.2 Å². The predicted molar refractivity (Wildman–Crippen MR) is 67.7 cm³/mol. The molecule has 0 saturated heterocycles. The van der Waals surface area contributed by atoms with Gasteiger partial charge in [0.05, 0.1) is 24.4 Å². The standard InChI is InChI=1S/C14H12N4O2/c1-3-20-13(19)14(2,10(7-15)8-16)12-6-4-5-11(9-17)18-12/h4-6,10H,3H2,1-2H3. The number of aromatic nitrogens is 1. The number of rotatable bonds is 4. The number of nitriles is 3. The van der Waals surface area contributed by atoms with Gasteiger partial charge in [-0.1, -0.05) is 6.07 Å². The third-order valence-electron chi connectivity index (χ3n) is 2.93. The minimum atomic E-state index is -1.54. The van der Waals surface area contributed by atoms with Crippen molar-refractivity contribution >= 4 is 5.97 Å². The fourth-order valence-corrected chi connectivity index (χ4v) is 1.72. The van der Waals surface area contributed by atoms with Gasteiger partial charge in [-0.15, -0.1) is 0 Å². The van der Waals surface area contributed by atoms with Crippen LogP contribution in [0, 0.1) is 39.9 Å². The van der Waals surface area contributed by atoms with Crippen LogP contribution in [-0.2, 0) is 14.9 Å². The summed E-state index contributed by atoms with van der Waals surface area (Å²) in [5.74, 6) is -1.97. The molecule has 0 spiro atoms. The minimum Gasteiger partial charge on any atom is -0.465 e. The molecule has 0 radical (unpaired) electrons. The Labute approximate surface area is 116 Å². The van der Waals surface area contributed by atoms with E-state index < -0.39 is 17.3 Å². The van der Waals surface area contributed by atoms with Crippen molar-refractivity contribution in [2.45, 2.75) is 19.3 Å². The van der Waals surface area contributed by atoms with E-state index in [0.717, 1.165) is 0 Å². The Morgan fingerprint density at radius 1 is 1.40 bits per heavy atom. The quantitative estimate of drug-likeness (QED) is 0.764. The lowest BCUT2D eigenvalue weighted by molar-refractivity contribution is -0.150. The molecule has 0 amide bonds. The molecule has 1 rings (SSSR count). The monoisotopic (exact) mass is 268 g/mol. The highest BCUT2D eigenvalue weighted by atomic mass is 16.5. The van der Waals surface area contributed by atoms with Crippen molar-refractivity contribution in [3.05, 3.63) is 29.6 Å². The Hall–Kier alpha value is -2.91. The van der Waals surface area contributed by atoms with E-state index in [9.17, 15) is 4.79 Å². The van der Waals surface area contributed by atoms with Gasteiger partial charge in [0.2, 0.25) is 0 Å². The lowest BCUT2D eigenvalue weighted by Gasteiger charge is -2.27. The zero-order valence-electron chi connectivity index (χ0n) is 11.1. The lowest BCUT2D eigenvalue weighted by atomic mass is 9.75. The van der Waals surface area contributed by atoms with Crippen molar-refractivity contribution in [3.63, 3.8) is 0 Å². The number of hydrogen-bond donors (Lipinski definition) is 0. The Morgan fingerprint density at radius 3 is 2.55 bits per heavy atom. The van der Waals surface area contributed by atoms with Gasteiger partial charge in [-0.05, 0) is 26.0 Å². The SMILES string of the molecule is CCOC(=O)C(C)(c1cccc(C#N)n1)C(C#N)C#N. The van der Waals surface area contributed by atoms with Crippen LogP contribution in [0.5, 0.6) is 0 Å². The van der Waals surface area contributed by atoms with E-state index in [-0.39, 0.29) is 18.0 Å². The molecule has 1 aromatic heterocycles. The molecule has 0 fully saturated rings. The maximum atomic E-state index is 12.2. The number of nitrogens with zero attached hydrogens (tertiary/aromatic N) is 4. The van der Waals surface area contributed by atoms with Crippen molar-refractivity contribution in [2.75, 3.05) is 6.61 Å². The van der Waals surface area contributed by atoms with Gasteiger partial charge in [0.1, 0.15) is 17.2 Å². The van der Waals surface area contributed by atoms with Gasteiger partial charge in [0.15, 0.2) is 5.92 Å². The fourth-order valence-electron chi connectivity index (χ4n) is 1.72. The molecule has 1 unspecified atom stereocenters. The molecular weight excluding hydrogens is 256 g/mol. The van der Waals surface area contributed by atoms with Gasteiger partial charge < -0.3 is 4.74 Å². The van der Waals surface area contributed by atoms with Crippen LogP contribution in [0.15, 0.2) is 18.2 Å². The summed E-state index contributed by atoms with van der Waals surface area (Å²) in [7, 11) is 0. The van der Waals surface area contributed by atoms with Crippen LogP contribution in [0.4, 0.5) is 0 Å². The summed E-state index contributed by atoms with van der Waals surface area (Å²) in [5, 5.41) is 27.1. The molecule has 1 heterocycles. The molecule has 1 atom stereocenters. The van der Waals surface area contributed by atoms with Gasteiger partial charge in [-0.3, -0.25) is 4.79 Å². The van der Waals surface area contributed by atoms with Crippen LogP contribution in [-0.4, -0.2) is 17.6 Å². The Kier molecular flexibility index (Phi) is 4.78. The molecule has 0 aliphatic carbocycles. The maximum absolute atomic E-state index is 12.2. The molecule has 0 aromatic carbocycles. The second-order valence-electron chi connectivity index (χ2n) is 4.13. The van der Waals surface area contributed by atoms with E-state index in [1.54, 1.807) is 25.1 Å². The molecule has 6 nitrogen and oxygen atoms in total. The highest BCUT2D eigenvalue weighted by Gasteiger charge is 2.46. The highest BCUT2D eigenvalue weighted by molar-refractivity contribution is 5.83. The van der Waals surface area contributed by atoms with E-state index in [2.05, 4.69) is 4.98 Å². The Morgan fingerprint density at radius 2 is 2.05 bits per heavy atom. The molecule has 0 bridgehead atoms. The molecule has 0 N–H and O–H groups in total. The first kappa shape index (κ1) is 15.1. The van der Waals surface area contributed by atoms with E-state index in [0.29, 0.717) is 0 Å². The number of esters is 1. The Balaban J connectivity index is 3.46. The predicted octanol–water partition coefficient (Wildman–Crippen LogP) is 1.44. The van der Waals surface area contributed by atoms with Crippen LogP contribution in [0.2, 0.25) is 0 Å². The second kappa shape index (κ2) is 6.31. The van der Waals surface area contributed by atoms with E-state index in [1.807, 2.05) is 6.07 Å². The van der Waals surface area contributed by atoms with Gasteiger partial charge in [0.25, 0.3) is 0 Å². The minimum absolute atomic E-state index is 0.104. The number of pyridine rings is 1. The third-order valence-corrected chi connectivity index (χ3v) is 2.93.